The van der Waals surface area contributed by atoms with Crippen molar-refractivity contribution in [2.75, 3.05) is 6.61 Å². The van der Waals surface area contributed by atoms with Gasteiger partial charge >= 0.3 is 10.4 Å². The molecular formula is C8H15NNaO9S. The van der Waals surface area contributed by atoms with Gasteiger partial charge in [-0.1, -0.05) is 0 Å². The van der Waals surface area contributed by atoms with E-state index in [1.54, 1.807) is 0 Å². The molecule has 0 bridgehead atoms. The number of aliphatic hydroxyl groups is 3. The van der Waals surface area contributed by atoms with Gasteiger partial charge in [-0.05, 0) is 0 Å². The van der Waals surface area contributed by atoms with Gasteiger partial charge in [0.2, 0.25) is 5.91 Å². The molecule has 0 rings (SSSR count). The van der Waals surface area contributed by atoms with Gasteiger partial charge < -0.3 is 25.4 Å². The van der Waals surface area contributed by atoms with Gasteiger partial charge in [-0.15, -0.1) is 0 Å². The number of amides is 1. The van der Waals surface area contributed by atoms with Crippen molar-refractivity contribution in [1.29, 1.82) is 0 Å². The van der Waals surface area contributed by atoms with Crippen molar-refractivity contribution in [2.45, 2.75) is 31.3 Å². The molecule has 0 aromatic rings. The molecule has 0 fully saturated rings. The van der Waals surface area contributed by atoms with Crippen LogP contribution in [0.25, 0.3) is 0 Å². The number of carbonyl (C=O) groups excluding carboxylic acids is 2. The van der Waals surface area contributed by atoms with E-state index >= 15 is 0 Å². The summed E-state index contributed by atoms with van der Waals surface area (Å²) in [4.78, 5) is 21.4. The van der Waals surface area contributed by atoms with Crippen LogP contribution in [0.1, 0.15) is 6.92 Å². The number of hydrogen-bond donors (Lipinski definition) is 5. The third kappa shape index (κ3) is 8.24. The Morgan fingerprint density at radius 1 is 1.40 bits per heavy atom. The fourth-order valence-electron chi connectivity index (χ4n) is 1.23. The maximum atomic E-state index is 10.8. The third-order valence-electron chi connectivity index (χ3n) is 2.02. The molecule has 0 heterocycles. The SMILES string of the molecule is CC(=O)NC(C=O)C(O)C(OS(=O)(=O)O)C(O)CO.[Na]. The zero-order chi connectivity index (χ0) is 15.2. The molecule has 4 unspecified atom stereocenters. The van der Waals surface area contributed by atoms with Crippen molar-refractivity contribution in [1.82, 2.24) is 5.32 Å². The Balaban J connectivity index is 0. The Morgan fingerprint density at radius 3 is 2.20 bits per heavy atom. The molecule has 0 aromatic carbocycles. The molecular weight excluding hydrogens is 309 g/mol. The summed E-state index contributed by atoms with van der Waals surface area (Å²) in [5.41, 5.74) is 0. The molecule has 0 aliphatic carbocycles. The molecule has 1 amide bonds. The number of hydrogen-bond acceptors (Lipinski definition) is 8. The quantitative estimate of drug-likeness (QED) is 0.171. The number of aldehydes is 1. The van der Waals surface area contributed by atoms with Crippen molar-refractivity contribution in [2.24, 2.45) is 0 Å². The summed E-state index contributed by atoms with van der Waals surface area (Å²) in [5, 5.41) is 29.6. The number of rotatable bonds is 8. The first-order valence-corrected chi connectivity index (χ1v) is 6.34. The molecule has 20 heavy (non-hydrogen) atoms. The van der Waals surface area contributed by atoms with E-state index in [9.17, 15) is 28.2 Å². The van der Waals surface area contributed by atoms with Gasteiger partial charge in [-0.25, -0.2) is 4.18 Å². The standard InChI is InChI=1S/C8H15NO9S.Na/c1-4(12)9-5(2-10)7(14)8(6(13)3-11)18-19(15,16)17;/h2,5-8,11,13-14H,3H2,1H3,(H,9,12)(H,15,16,17);. The second kappa shape index (κ2) is 9.76. The minimum absolute atomic E-state index is 0. The first-order valence-electron chi connectivity index (χ1n) is 4.97. The zero-order valence-electron chi connectivity index (χ0n) is 10.8. The van der Waals surface area contributed by atoms with E-state index in [2.05, 4.69) is 4.18 Å². The number of aliphatic hydroxyl groups excluding tert-OH is 3. The van der Waals surface area contributed by atoms with E-state index in [1.165, 1.54) is 0 Å². The predicted octanol–water partition coefficient (Wildman–Crippen LogP) is -3.79. The largest absolute Gasteiger partial charge is 0.397 e. The van der Waals surface area contributed by atoms with E-state index in [4.69, 9.17) is 9.66 Å². The van der Waals surface area contributed by atoms with Crippen LogP contribution < -0.4 is 5.32 Å². The van der Waals surface area contributed by atoms with Crippen LogP contribution in [0.2, 0.25) is 0 Å². The fourth-order valence-corrected chi connectivity index (χ4v) is 1.75. The van der Waals surface area contributed by atoms with Crippen LogP contribution >= 0.6 is 0 Å². The average molecular weight is 324 g/mol. The molecule has 0 spiro atoms. The van der Waals surface area contributed by atoms with Crippen LogP contribution in [-0.4, -0.2) is 101 Å². The van der Waals surface area contributed by atoms with Crippen LogP contribution in [0.4, 0.5) is 0 Å². The summed E-state index contributed by atoms with van der Waals surface area (Å²) in [7, 11) is -5.05. The van der Waals surface area contributed by atoms with E-state index in [-0.39, 0.29) is 35.8 Å². The maximum absolute atomic E-state index is 10.8. The Morgan fingerprint density at radius 2 is 1.90 bits per heavy atom. The van der Waals surface area contributed by atoms with Crippen LogP contribution in [0.5, 0.6) is 0 Å². The second-order valence-electron chi connectivity index (χ2n) is 3.59. The summed E-state index contributed by atoms with van der Waals surface area (Å²) in [6.07, 6.45) is -5.88. The summed E-state index contributed by atoms with van der Waals surface area (Å²) in [6, 6.07) is -1.59. The first kappa shape index (κ1) is 22.2. The fraction of sp³-hybridized carbons (Fsp3) is 0.750. The molecule has 0 aromatic heterocycles. The minimum atomic E-state index is -5.05. The zero-order valence-corrected chi connectivity index (χ0v) is 13.6. The van der Waals surface area contributed by atoms with Gasteiger partial charge in [0.05, 0.1) is 6.61 Å². The van der Waals surface area contributed by atoms with E-state index in [0.717, 1.165) is 6.92 Å². The van der Waals surface area contributed by atoms with E-state index in [0.29, 0.717) is 0 Å². The maximum Gasteiger partial charge on any atom is 0.397 e. The van der Waals surface area contributed by atoms with Crippen molar-refractivity contribution in [3.05, 3.63) is 0 Å². The van der Waals surface area contributed by atoms with Crippen LogP contribution in [0.3, 0.4) is 0 Å². The van der Waals surface area contributed by atoms with Gasteiger partial charge in [0, 0.05) is 36.5 Å². The van der Waals surface area contributed by atoms with Crippen LogP contribution in [0, 0.1) is 0 Å². The molecule has 0 saturated carbocycles. The van der Waals surface area contributed by atoms with Gasteiger partial charge in [-0.3, -0.25) is 9.35 Å². The molecule has 0 saturated heterocycles. The van der Waals surface area contributed by atoms with E-state index < -0.39 is 47.3 Å². The Hall–Kier alpha value is -0.110. The summed E-state index contributed by atoms with van der Waals surface area (Å²) in [5.74, 6) is -0.708. The molecule has 4 atom stereocenters. The monoisotopic (exact) mass is 324 g/mol. The second-order valence-corrected chi connectivity index (χ2v) is 4.64. The minimum Gasteiger partial charge on any atom is -0.394 e. The Kier molecular flexibility index (Phi) is 10.8. The molecule has 1 radical (unpaired) electrons. The first-order chi connectivity index (χ1) is 8.62. The van der Waals surface area contributed by atoms with Crippen molar-refractivity contribution >= 4 is 52.1 Å². The molecule has 0 aliphatic rings. The van der Waals surface area contributed by atoms with Crippen LogP contribution in [0.15, 0.2) is 0 Å². The number of carbonyl (C=O) groups is 2. The summed E-state index contributed by atoms with van der Waals surface area (Å²) < 4.78 is 33.6. The van der Waals surface area contributed by atoms with Gasteiger partial charge in [0.25, 0.3) is 0 Å². The van der Waals surface area contributed by atoms with Crippen molar-refractivity contribution in [3.8, 4) is 0 Å². The van der Waals surface area contributed by atoms with Gasteiger partial charge in [0.1, 0.15) is 30.6 Å². The van der Waals surface area contributed by atoms with Crippen LogP contribution in [-0.2, 0) is 24.2 Å². The molecule has 5 N–H and O–H groups in total. The number of nitrogens with one attached hydrogen (secondary N) is 1. The normalized spacial score (nSPS) is 17.2. The Labute approximate surface area is 137 Å². The third-order valence-corrected chi connectivity index (χ3v) is 2.49. The molecule has 113 valence electrons. The summed E-state index contributed by atoms with van der Waals surface area (Å²) >= 11 is 0. The van der Waals surface area contributed by atoms with Crippen molar-refractivity contribution < 1.29 is 42.1 Å². The smallest absolute Gasteiger partial charge is 0.394 e. The average Bonchev–Trinajstić information content (AvgIpc) is 2.29. The Bertz CT molecular complexity index is 414. The van der Waals surface area contributed by atoms with Gasteiger partial charge in [0.15, 0.2) is 0 Å². The summed E-state index contributed by atoms with van der Waals surface area (Å²) in [6.45, 7) is 0.0211. The molecule has 12 heteroatoms. The topological polar surface area (TPSA) is 170 Å². The van der Waals surface area contributed by atoms with E-state index in [1.807, 2.05) is 5.32 Å². The van der Waals surface area contributed by atoms with Gasteiger partial charge in [-0.2, -0.15) is 8.42 Å². The van der Waals surface area contributed by atoms with Crippen molar-refractivity contribution in [3.63, 3.8) is 0 Å². The molecule has 10 nitrogen and oxygen atoms in total. The molecule has 0 aliphatic heterocycles. The predicted molar refractivity (Wildman–Crippen MR) is 64.9 cm³/mol.